The van der Waals surface area contributed by atoms with Crippen LogP contribution in [0.4, 0.5) is 0 Å². The maximum Gasteiger partial charge on any atom is 0.223 e. The second-order valence-corrected chi connectivity index (χ2v) is 13.5. The molecule has 2 atom stereocenters. The third-order valence-corrected chi connectivity index (χ3v) is 10.9. The molecule has 32 heavy (non-hydrogen) atoms. The van der Waals surface area contributed by atoms with E-state index in [-0.39, 0.29) is 23.9 Å². The summed E-state index contributed by atoms with van der Waals surface area (Å²) in [5, 5.41) is 2.83. The van der Waals surface area contributed by atoms with Gasteiger partial charge in [0, 0.05) is 42.0 Å². The van der Waals surface area contributed by atoms with Crippen LogP contribution >= 0.6 is 15.9 Å². The zero-order chi connectivity index (χ0) is 22.6. The summed E-state index contributed by atoms with van der Waals surface area (Å²) in [7, 11) is -3.38. The topological polar surface area (TPSA) is 87.7 Å². The molecule has 2 unspecified atom stereocenters. The monoisotopic (exact) mass is 533 g/mol. The Morgan fingerprint density at radius 1 is 0.875 bits per heavy atom. The van der Waals surface area contributed by atoms with Crippen LogP contribution in [0.25, 0.3) is 0 Å². The molecule has 3 aliphatic carbocycles. The Labute approximate surface area is 202 Å². The summed E-state index contributed by atoms with van der Waals surface area (Å²) >= 11 is 3.63. The maximum atomic E-state index is 13.0. The van der Waals surface area contributed by atoms with E-state index in [1.165, 1.54) is 0 Å². The molecule has 2 N–H and O–H groups in total. The number of morpholine rings is 1. The van der Waals surface area contributed by atoms with E-state index >= 15 is 0 Å². The number of hydrogen-bond donors (Lipinski definition) is 2. The predicted molar refractivity (Wildman–Crippen MR) is 129 cm³/mol. The third kappa shape index (κ3) is 6.68. The van der Waals surface area contributed by atoms with E-state index in [9.17, 15) is 13.2 Å². The SMILES string of the molecule is O=C(NC1CCC(N2CCOCC2)CC1)C1CCCC(S(=O)(=O)NC2CCC(Br)CC2)C1. The number of sulfonamides is 1. The highest BCUT2D eigenvalue weighted by Gasteiger charge is 2.37. The highest BCUT2D eigenvalue weighted by Crippen LogP contribution is 2.31. The van der Waals surface area contributed by atoms with Crippen molar-refractivity contribution < 1.29 is 17.9 Å². The van der Waals surface area contributed by atoms with Crippen LogP contribution in [0.1, 0.15) is 77.0 Å². The quantitative estimate of drug-likeness (QED) is 0.512. The number of amides is 1. The number of rotatable bonds is 6. The van der Waals surface area contributed by atoms with Gasteiger partial charge in [-0.1, -0.05) is 22.4 Å². The third-order valence-electron chi connectivity index (χ3n) is 8.03. The smallest absolute Gasteiger partial charge is 0.223 e. The van der Waals surface area contributed by atoms with E-state index in [2.05, 4.69) is 30.9 Å². The van der Waals surface area contributed by atoms with Crippen molar-refractivity contribution in [2.75, 3.05) is 26.3 Å². The Morgan fingerprint density at radius 3 is 2.22 bits per heavy atom. The van der Waals surface area contributed by atoms with E-state index in [0.29, 0.717) is 23.7 Å². The van der Waals surface area contributed by atoms with Crippen LogP contribution in [-0.2, 0) is 19.6 Å². The van der Waals surface area contributed by atoms with Crippen molar-refractivity contribution >= 4 is 31.9 Å². The highest BCUT2D eigenvalue weighted by molar-refractivity contribution is 9.09. The zero-order valence-corrected chi connectivity index (χ0v) is 21.5. The molecule has 7 nitrogen and oxygen atoms in total. The van der Waals surface area contributed by atoms with Gasteiger partial charge in [0.15, 0.2) is 0 Å². The lowest BCUT2D eigenvalue weighted by Gasteiger charge is -2.39. The normalized spacial score (nSPS) is 37.7. The first-order valence-electron chi connectivity index (χ1n) is 12.7. The summed E-state index contributed by atoms with van der Waals surface area (Å²) in [5.41, 5.74) is 0. The van der Waals surface area contributed by atoms with Gasteiger partial charge in [0.1, 0.15) is 0 Å². The van der Waals surface area contributed by atoms with E-state index in [4.69, 9.17) is 4.74 Å². The number of halogens is 1. The van der Waals surface area contributed by atoms with Crippen molar-refractivity contribution in [3.05, 3.63) is 0 Å². The van der Waals surface area contributed by atoms with Crippen molar-refractivity contribution in [3.8, 4) is 0 Å². The Kier molecular flexibility index (Phi) is 8.92. The fraction of sp³-hybridized carbons (Fsp3) is 0.957. The number of nitrogens with zero attached hydrogens (tertiary/aromatic N) is 1. The molecule has 0 bridgehead atoms. The van der Waals surface area contributed by atoms with Gasteiger partial charge in [0.05, 0.1) is 18.5 Å². The molecule has 1 aliphatic heterocycles. The molecule has 0 aromatic heterocycles. The molecule has 1 saturated heterocycles. The summed E-state index contributed by atoms with van der Waals surface area (Å²) < 4.78 is 34.5. The number of hydrogen-bond acceptors (Lipinski definition) is 5. The average molecular weight is 535 g/mol. The van der Waals surface area contributed by atoms with Crippen molar-refractivity contribution in [3.63, 3.8) is 0 Å². The molecule has 184 valence electrons. The molecular weight excluding hydrogens is 494 g/mol. The van der Waals surface area contributed by atoms with Crippen LogP contribution < -0.4 is 10.0 Å². The lowest BCUT2D eigenvalue weighted by atomic mass is 9.86. The first kappa shape index (κ1) is 24.9. The molecule has 1 amide bonds. The summed E-state index contributed by atoms with van der Waals surface area (Å²) in [4.78, 5) is 16.0. The van der Waals surface area contributed by atoms with Crippen molar-refractivity contribution in [1.82, 2.24) is 14.9 Å². The second-order valence-electron chi connectivity index (χ2n) is 10.3. The number of carbonyl (C=O) groups is 1. The van der Waals surface area contributed by atoms with E-state index < -0.39 is 15.3 Å². The van der Waals surface area contributed by atoms with Crippen molar-refractivity contribution in [1.29, 1.82) is 0 Å². The molecule has 0 aromatic carbocycles. The Bertz CT molecular complexity index is 715. The largest absolute Gasteiger partial charge is 0.379 e. The predicted octanol–water partition coefficient (Wildman–Crippen LogP) is 2.93. The highest BCUT2D eigenvalue weighted by atomic mass is 79.9. The minimum Gasteiger partial charge on any atom is -0.379 e. The molecule has 1 heterocycles. The summed E-state index contributed by atoms with van der Waals surface area (Å²) in [6.07, 6.45) is 10.8. The Hall–Kier alpha value is -0.220. The van der Waals surface area contributed by atoms with Crippen LogP contribution in [0, 0.1) is 5.92 Å². The number of carbonyl (C=O) groups excluding carboxylic acids is 1. The number of nitrogens with one attached hydrogen (secondary N) is 2. The van der Waals surface area contributed by atoms with Gasteiger partial charge in [-0.2, -0.15) is 0 Å². The van der Waals surface area contributed by atoms with Crippen molar-refractivity contribution in [2.24, 2.45) is 5.92 Å². The lowest BCUT2D eigenvalue weighted by Crippen LogP contribution is -2.49. The molecule has 0 spiro atoms. The van der Waals surface area contributed by atoms with Gasteiger partial charge in [-0.05, 0) is 70.6 Å². The lowest BCUT2D eigenvalue weighted by molar-refractivity contribution is -0.126. The first-order valence-corrected chi connectivity index (χ1v) is 15.1. The van der Waals surface area contributed by atoms with Crippen LogP contribution in [0.2, 0.25) is 0 Å². The van der Waals surface area contributed by atoms with Crippen LogP contribution in [0.5, 0.6) is 0 Å². The van der Waals surface area contributed by atoms with Crippen LogP contribution in [0.3, 0.4) is 0 Å². The van der Waals surface area contributed by atoms with Gasteiger partial charge in [0.25, 0.3) is 0 Å². The molecule has 9 heteroatoms. The molecule has 4 fully saturated rings. The van der Waals surface area contributed by atoms with Gasteiger partial charge < -0.3 is 10.1 Å². The van der Waals surface area contributed by atoms with Gasteiger partial charge >= 0.3 is 0 Å². The molecule has 4 rings (SSSR count). The fourth-order valence-electron chi connectivity index (χ4n) is 6.01. The maximum absolute atomic E-state index is 13.0. The minimum absolute atomic E-state index is 0.0460. The van der Waals surface area contributed by atoms with Crippen LogP contribution in [-0.4, -0.2) is 73.7 Å². The Morgan fingerprint density at radius 2 is 1.53 bits per heavy atom. The fourth-order valence-corrected chi connectivity index (χ4v) is 8.40. The molecule has 0 aromatic rings. The summed E-state index contributed by atoms with van der Waals surface area (Å²) in [6, 6.07) is 0.890. The van der Waals surface area contributed by atoms with Crippen molar-refractivity contribution in [2.45, 2.75) is 105 Å². The standard InChI is InChI=1S/C23H40BrN3O4S/c24-18-4-6-20(7-5-18)26-32(29,30)22-3-1-2-17(16-22)23(28)25-19-8-10-21(11-9-19)27-12-14-31-15-13-27/h17-22,26H,1-16H2,(H,25,28). The summed E-state index contributed by atoms with van der Waals surface area (Å²) in [6.45, 7) is 3.69. The number of ether oxygens (including phenoxy) is 1. The van der Waals surface area contributed by atoms with E-state index in [1.54, 1.807) is 0 Å². The molecule has 0 radical (unpaired) electrons. The van der Waals surface area contributed by atoms with Gasteiger partial charge in [0.2, 0.25) is 15.9 Å². The van der Waals surface area contributed by atoms with E-state index in [0.717, 1.165) is 90.5 Å². The summed E-state index contributed by atoms with van der Waals surface area (Å²) in [5.74, 6) is -0.111. The zero-order valence-electron chi connectivity index (χ0n) is 19.1. The number of alkyl halides is 1. The van der Waals surface area contributed by atoms with Gasteiger partial charge in [-0.15, -0.1) is 0 Å². The molecular formula is C23H40BrN3O4S. The van der Waals surface area contributed by atoms with Gasteiger partial charge in [-0.3, -0.25) is 9.69 Å². The first-order chi connectivity index (χ1) is 15.4. The molecule has 3 saturated carbocycles. The molecule has 4 aliphatic rings. The van der Waals surface area contributed by atoms with E-state index in [1.807, 2.05) is 0 Å². The Balaban J connectivity index is 1.23. The van der Waals surface area contributed by atoms with Crippen LogP contribution in [0.15, 0.2) is 0 Å². The van der Waals surface area contributed by atoms with Gasteiger partial charge in [-0.25, -0.2) is 13.1 Å². The minimum atomic E-state index is -3.38. The average Bonchev–Trinajstić information content (AvgIpc) is 2.81. The second kappa shape index (κ2) is 11.5.